The van der Waals surface area contributed by atoms with Gasteiger partial charge in [0.15, 0.2) is 5.52 Å². The molecule has 0 aliphatic carbocycles. The lowest BCUT2D eigenvalue weighted by atomic mass is 10.1. The second-order valence-electron chi connectivity index (χ2n) is 5.97. The van der Waals surface area contributed by atoms with Gasteiger partial charge in [-0.3, -0.25) is 14.0 Å². The van der Waals surface area contributed by atoms with E-state index in [4.69, 9.17) is 11.6 Å². The smallest absolute Gasteiger partial charge is 0.283 e. The molecular formula is C18H12ClN5O. The molecule has 3 heterocycles. The number of halogens is 1. The first-order valence-electron chi connectivity index (χ1n) is 7.73. The van der Waals surface area contributed by atoms with E-state index < -0.39 is 0 Å². The molecule has 5 aromatic rings. The lowest BCUT2D eigenvalue weighted by molar-refractivity contribution is 0.777. The highest BCUT2D eigenvalue weighted by Gasteiger charge is 2.15. The minimum atomic E-state index is -0.177. The van der Waals surface area contributed by atoms with Crippen molar-refractivity contribution in [3.8, 4) is 5.69 Å². The Morgan fingerprint density at radius 1 is 1.12 bits per heavy atom. The Hall–Kier alpha value is -3.12. The predicted molar refractivity (Wildman–Crippen MR) is 98.5 cm³/mol. The van der Waals surface area contributed by atoms with Crippen LogP contribution < -0.4 is 5.56 Å². The summed E-state index contributed by atoms with van der Waals surface area (Å²) in [5, 5.41) is 6.67. The molecule has 0 aliphatic heterocycles. The van der Waals surface area contributed by atoms with Crippen LogP contribution in [0, 0.1) is 0 Å². The largest absolute Gasteiger partial charge is 0.345 e. The van der Waals surface area contributed by atoms with Gasteiger partial charge >= 0.3 is 0 Å². The Morgan fingerprint density at radius 3 is 2.88 bits per heavy atom. The van der Waals surface area contributed by atoms with Crippen LogP contribution in [-0.4, -0.2) is 24.3 Å². The fourth-order valence-electron chi connectivity index (χ4n) is 3.30. The number of nitrogens with one attached hydrogen (secondary N) is 1. The number of pyridine rings is 1. The number of aromatic nitrogens is 5. The summed E-state index contributed by atoms with van der Waals surface area (Å²) >= 11 is 6.21. The second kappa shape index (κ2) is 4.94. The van der Waals surface area contributed by atoms with Crippen LogP contribution >= 0.6 is 11.6 Å². The number of rotatable bonds is 1. The molecule has 0 radical (unpaired) electrons. The third-order valence-corrected chi connectivity index (χ3v) is 4.62. The maximum atomic E-state index is 13.2. The summed E-state index contributed by atoms with van der Waals surface area (Å²) < 4.78 is 3.30. The molecule has 0 saturated heterocycles. The van der Waals surface area contributed by atoms with Crippen molar-refractivity contribution < 1.29 is 0 Å². The first-order chi connectivity index (χ1) is 12.1. The van der Waals surface area contributed by atoms with Crippen molar-refractivity contribution in [3.63, 3.8) is 0 Å². The summed E-state index contributed by atoms with van der Waals surface area (Å²) in [6, 6.07) is 11.2. The minimum Gasteiger partial charge on any atom is -0.345 e. The maximum Gasteiger partial charge on any atom is 0.283 e. The zero-order valence-corrected chi connectivity index (χ0v) is 13.9. The third kappa shape index (κ3) is 2.01. The van der Waals surface area contributed by atoms with Gasteiger partial charge in [0.2, 0.25) is 0 Å². The summed E-state index contributed by atoms with van der Waals surface area (Å²) in [7, 11) is 1.81. The molecule has 0 aliphatic rings. The number of fused-ring (bicyclic) bond motifs is 4. The molecule has 0 spiro atoms. The van der Waals surface area contributed by atoms with Gasteiger partial charge < -0.3 is 4.98 Å². The van der Waals surface area contributed by atoms with Crippen LogP contribution in [0.25, 0.3) is 38.5 Å². The van der Waals surface area contributed by atoms with E-state index in [2.05, 4.69) is 15.1 Å². The van der Waals surface area contributed by atoms with Crippen LogP contribution in [-0.2, 0) is 7.05 Å². The summed E-state index contributed by atoms with van der Waals surface area (Å²) in [5.41, 5.74) is 3.45. The van der Waals surface area contributed by atoms with E-state index in [-0.39, 0.29) is 5.56 Å². The number of nitrogens with zero attached hydrogens (tertiary/aromatic N) is 4. The zero-order chi connectivity index (χ0) is 17.1. The van der Waals surface area contributed by atoms with Crippen LogP contribution in [0.15, 0.2) is 53.7 Å². The van der Waals surface area contributed by atoms with E-state index >= 15 is 0 Å². The standard InChI is InChI=1S/C18H12ClN5O/c1-23-8-13-12-4-2-10(19)6-16(12)24(18(25)17(13)22-23)11-3-5-14-15(7-11)21-9-20-14/h2-9H,1H3,(H,20,21). The van der Waals surface area contributed by atoms with Crippen molar-refractivity contribution in [2.24, 2.45) is 7.05 Å². The van der Waals surface area contributed by atoms with Gasteiger partial charge in [-0.2, -0.15) is 5.10 Å². The molecule has 2 aromatic carbocycles. The van der Waals surface area contributed by atoms with Crippen molar-refractivity contribution in [3.05, 3.63) is 64.3 Å². The topological polar surface area (TPSA) is 68.5 Å². The van der Waals surface area contributed by atoms with E-state index in [1.54, 1.807) is 15.6 Å². The normalized spacial score (nSPS) is 11.8. The van der Waals surface area contributed by atoms with Gasteiger partial charge in [0.05, 0.1) is 28.6 Å². The molecule has 0 fully saturated rings. The van der Waals surface area contributed by atoms with Gasteiger partial charge in [0, 0.05) is 29.0 Å². The van der Waals surface area contributed by atoms with E-state index in [0.717, 1.165) is 33.0 Å². The molecule has 0 saturated carbocycles. The molecule has 0 bridgehead atoms. The van der Waals surface area contributed by atoms with Crippen molar-refractivity contribution >= 4 is 44.4 Å². The molecule has 6 nitrogen and oxygen atoms in total. The molecule has 0 amide bonds. The summed E-state index contributed by atoms with van der Waals surface area (Å²) in [6.45, 7) is 0. The lowest BCUT2D eigenvalue weighted by Crippen LogP contribution is -2.19. The average Bonchev–Trinajstić information content (AvgIpc) is 3.20. The average molecular weight is 350 g/mol. The van der Waals surface area contributed by atoms with Crippen molar-refractivity contribution in [1.29, 1.82) is 0 Å². The number of hydrogen-bond acceptors (Lipinski definition) is 3. The van der Waals surface area contributed by atoms with E-state index in [1.165, 1.54) is 0 Å². The number of H-pyrrole nitrogens is 1. The summed E-state index contributed by atoms with van der Waals surface area (Å²) in [5.74, 6) is 0. The number of benzene rings is 2. The number of imidazole rings is 1. The van der Waals surface area contributed by atoms with Gasteiger partial charge in [-0.1, -0.05) is 17.7 Å². The van der Waals surface area contributed by atoms with Crippen molar-refractivity contribution in [2.75, 3.05) is 0 Å². The molecule has 25 heavy (non-hydrogen) atoms. The third-order valence-electron chi connectivity index (χ3n) is 4.39. The van der Waals surface area contributed by atoms with Crippen molar-refractivity contribution in [1.82, 2.24) is 24.3 Å². The van der Waals surface area contributed by atoms with Crippen LogP contribution in [0.1, 0.15) is 0 Å². The molecule has 0 atom stereocenters. The van der Waals surface area contributed by atoms with Crippen LogP contribution in [0.3, 0.4) is 0 Å². The second-order valence-corrected chi connectivity index (χ2v) is 6.41. The first kappa shape index (κ1) is 14.2. The fraction of sp³-hybridized carbons (Fsp3) is 0.0556. The minimum absolute atomic E-state index is 0.177. The molecule has 7 heteroatoms. The molecule has 122 valence electrons. The fourth-order valence-corrected chi connectivity index (χ4v) is 3.46. The Balaban J connectivity index is 1.99. The monoisotopic (exact) mass is 349 g/mol. The number of aromatic amines is 1. The van der Waals surface area contributed by atoms with Gasteiger partial charge in [-0.25, -0.2) is 4.98 Å². The molecule has 3 aromatic heterocycles. The highest BCUT2D eigenvalue weighted by atomic mass is 35.5. The number of aryl methyl sites for hydroxylation is 1. The lowest BCUT2D eigenvalue weighted by Gasteiger charge is -2.11. The molecular weight excluding hydrogens is 338 g/mol. The highest BCUT2D eigenvalue weighted by molar-refractivity contribution is 6.31. The Morgan fingerprint density at radius 2 is 2.00 bits per heavy atom. The molecule has 0 unspecified atom stereocenters. The van der Waals surface area contributed by atoms with E-state index in [1.807, 2.05) is 49.6 Å². The Bertz CT molecular complexity index is 1340. The van der Waals surface area contributed by atoms with Gasteiger partial charge in [-0.05, 0) is 30.3 Å². The summed E-state index contributed by atoms with van der Waals surface area (Å²) in [6.07, 6.45) is 3.49. The summed E-state index contributed by atoms with van der Waals surface area (Å²) in [4.78, 5) is 20.5. The van der Waals surface area contributed by atoms with Crippen LogP contribution in [0.4, 0.5) is 0 Å². The predicted octanol–water partition coefficient (Wildman–Crippen LogP) is 3.41. The van der Waals surface area contributed by atoms with E-state index in [9.17, 15) is 4.79 Å². The molecule has 5 rings (SSSR count). The Labute approximate surface area is 146 Å². The van der Waals surface area contributed by atoms with Gasteiger partial charge in [0.1, 0.15) is 0 Å². The highest BCUT2D eigenvalue weighted by Crippen LogP contribution is 2.27. The zero-order valence-electron chi connectivity index (χ0n) is 13.2. The van der Waals surface area contributed by atoms with E-state index in [0.29, 0.717) is 10.5 Å². The van der Waals surface area contributed by atoms with Crippen LogP contribution in [0.2, 0.25) is 5.02 Å². The van der Waals surface area contributed by atoms with Gasteiger partial charge in [0.25, 0.3) is 5.56 Å². The quantitative estimate of drug-likeness (QED) is 0.504. The van der Waals surface area contributed by atoms with Crippen LogP contribution in [0.5, 0.6) is 0 Å². The van der Waals surface area contributed by atoms with Gasteiger partial charge in [-0.15, -0.1) is 0 Å². The molecule has 1 N–H and O–H groups in total. The first-order valence-corrected chi connectivity index (χ1v) is 8.11. The maximum absolute atomic E-state index is 13.2. The Kier molecular flexibility index (Phi) is 2.81. The number of hydrogen-bond donors (Lipinski definition) is 1. The SMILES string of the molecule is Cn1cc2c(n1)c(=O)n(-c1ccc3nc[nH]c3c1)c1cc(Cl)ccc21. The van der Waals surface area contributed by atoms with Crippen molar-refractivity contribution in [2.45, 2.75) is 0 Å².